The summed E-state index contributed by atoms with van der Waals surface area (Å²) in [6, 6.07) is 12.2. The first kappa shape index (κ1) is 23.0. The van der Waals surface area contributed by atoms with Crippen LogP contribution in [0.1, 0.15) is 43.1 Å². The molecule has 0 radical (unpaired) electrons. The van der Waals surface area contributed by atoms with E-state index in [1.807, 2.05) is 12.1 Å². The number of benzene rings is 2. The van der Waals surface area contributed by atoms with Crippen molar-refractivity contribution in [2.24, 2.45) is 5.92 Å². The van der Waals surface area contributed by atoms with Gasteiger partial charge in [0.25, 0.3) is 0 Å². The zero-order chi connectivity index (χ0) is 21.9. The van der Waals surface area contributed by atoms with E-state index in [0.717, 1.165) is 12.0 Å². The highest BCUT2D eigenvalue weighted by Gasteiger charge is 2.13. The number of esters is 1. The van der Waals surface area contributed by atoms with Gasteiger partial charge in [0.05, 0.1) is 31.6 Å². The van der Waals surface area contributed by atoms with Gasteiger partial charge in [0, 0.05) is 6.08 Å². The summed E-state index contributed by atoms with van der Waals surface area (Å²) in [6.07, 6.45) is 4.02. The summed E-state index contributed by atoms with van der Waals surface area (Å²) in [5.74, 6) is 1.00. The Morgan fingerprint density at radius 2 is 1.87 bits per heavy atom. The predicted octanol–water partition coefficient (Wildman–Crippen LogP) is 4.95. The normalized spacial score (nSPS) is 10.8. The molecule has 0 unspecified atom stereocenters. The summed E-state index contributed by atoms with van der Waals surface area (Å²) < 4.78 is 16.2. The van der Waals surface area contributed by atoms with Crippen LogP contribution < -0.4 is 14.8 Å². The highest BCUT2D eigenvalue weighted by atomic mass is 16.5. The number of rotatable bonds is 10. The Hall–Kier alpha value is -3.28. The molecule has 0 spiro atoms. The molecule has 0 saturated heterocycles. The lowest BCUT2D eigenvalue weighted by Crippen LogP contribution is -2.13. The zero-order valence-electron chi connectivity index (χ0n) is 17.9. The molecular weight excluding hydrogens is 382 g/mol. The van der Waals surface area contributed by atoms with Gasteiger partial charge >= 0.3 is 5.97 Å². The Kier molecular flexibility index (Phi) is 8.94. The van der Waals surface area contributed by atoms with E-state index in [1.54, 1.807) is 50.4 Å². The van der Waals surface area contributed by atoms with Crippen molar-refractivity contribution in [2.75, 3.05) is 25.6 Å². The summed E-state index contributed by atoms with van der Waals surface area (Å²) in [6.45, 7) is 6.90. The third kappa shape index (κ3) is 6.95. The molecule has 160 valence electrons. The van der Waals surface area contributed by atoms with Crippen molar-refractivity contribution in [3.63, 3.8) is 0 Å². The summed E-state index contributed by atoms with van der Waals surface area (Å²) in [4.78, 5) is 24.4. The summed E-state index contributed by atoms with van der Waals surface area (Å²) >= 11 is 0. The Labute approximate surface area is 177 Å². The second-order valence-corrected chi connectivity index (χ2v) is 7.03. The Morgan fingerprint density at radius 3 is 2.57 bits per heavy atom. The van der Waals surface area contributed by atoms with Crippen LogP contribution in [0.2, 0.25) is 0 Å². The number of carbonyl (C=O) groups excluding carboxylic acids is 2. The van der Waals surface area contributed by atoms with Gasteiger partial charge < -0.3 is 19.5 Å². The van der Waals surface area contributed by atoms with Gasteiger partial charge in [0.1, 0.15) is 0 Å². The van der Waals surface area contributed by atoms with Crippen LogP contribution in [0.25, 0.3) is 6.08 Å². The molecule has 0 aliphatic heterocycles. The molecule has 2 rings (SSSR count). The molecule has 0 fully saturated rings. The van der Waals surface area contributed by atoms with Gasteiger partial charge in [-0.3, -0.25) is 4.79 Å². The predicted molar refractivity (Wildman–Crippen MR) is 118 cm³/mol. The molecule has 0 heterocycles. The number of carbonyl (C=O) groups is 2. The van der Waals surface area contributed by atoms with Crippen molar-refractivity contribution >= 4 is 23.6 Å². The zero-order valence-corrected chi connectivity index (χ0v) is 17.9. The van der Waals surface area contributed by atoms with E-state index in [9.17, 15) is 9.59 Å². The number of hydrogen-bond acceptors (Lipinski definition) is 5. The number of hydrogen-bond donors (Lipinski definition) is 1. The van der Waals surface area contributed by atoms with Crippen LogP contribution in [0.3, 0.4) is 0 Å². The van der Waals surface area contributed by atoms with E-state index in [-0.39, 0.29) is 12.5 Å². The molecular formula is C24H29NO5. The molecule has 2 aromatic rings. The number of para-hydroxylation sites is 1. The maximum absolute atomic E-state index is 12.3. The minimum Gasteiger partial charge on any atom is -0.493 e. The topological polar surface area (TPSA) is 73.9 Å². The summed E-state index contributed by atoms with van der Waals surface area (Å²) in [5, 5.41) is 2.72. The Balaban J connectivity index is 2.05. The van der Waals surface area contributed by atoms with E-state index in [1.165, 1.54) is 6.08 Å². The minimum absolute atomic E-state index is 0.264. The van der Waals surface area contributed by atoms with Crippen molar-refractivity contribution in [1.29, 1.82) is 0 Å². The van der Waals surface area contributed by atoms with Crippen LogP contribution in [0.15, 0.2) is 48.5 Å². The molecule has 0 aromatic heterocycles. The van der Waals surface area contributed by atoms with Crippen molar-refractivity contribution < 1.29 is 23.8 Å². The fourth-order valence-electron chi connectivity index (χ4n) is 2.64. The van der Waals surface area contributed by atoms with E-state index in [4.69, 9.17) is 14.2 Å². The number of amides is 1. The molecule has 0 aliphatic carbocycles. The van der Waals surface area contributed by atoms with Gasteiger partial charge in [-0.25, -0.2) is 4.79 Å². The molecule has 0 atom stereocenters. The van der Waals surface area contributed by atoms with Crippen LogP contribution in [0.4, 0.5) is 5.69 Å². The molecule has 0 bridgehead atoms. The second-order valence-electron chi connectivity index (χ2n) is 7.03. The lowest BCUT2D eigenvalue weighted by molar-refractivity contribution is -0.111. The van der Waals surface area contributed by atoms with Gasteiger partial charge in [-0.1, -0.05) is 32.0 Å². The van der Waals surface area contributed by atoms with Crippen LogP contribution in [0, 0.1) is 5.92 Å². The molecule has 2 aromatic carbocycles. The third-order valence-corrected chi connectivity index (χ3v) is 4.25. The lowest BCUT2D eigenvalue weighted by atomic mass is 10.1. The molecule has 1 amide bonds. The molecule has 0 aliphatic rings. The van der Waals surface area contributed by atoms with Crippen molar-refractivity contribution in [3.8, 4) is 11.5 Å². The van der Waals surface area contributed by atoms with Gasteiger partial charge in [0.2, 0.25) is 5.91 Å². The van der Waals surface area contributed by atoms with Crippen molar-refractivity contribution in [1.82, 2.24) is 0 Å². The van der Waals surface area contributed by atoms with Gasteiger partial charge in [0.15, 0.2) is 11.5 Å². The standard InChI is InChI=1S/C24H29NO5/c1-5-29-24(27)19-8-6-7-9-20(19)25-23(26)13-11-18-10-12-21(22(16-18)28-4)30-15-14-17(2)3/h6-13,16-17H,5,14-15H2,1-4H3,(H,25,26). The average Bonchev–Trinajstić information content (AvgIpc) is 2.73. The third-order valence-electron chi connectivity index (χ3n) is 4.25. The Bertz CT molecular complexity index is 889. The lowest BCUT2D eigenvalue weighted by Gasteiger charge is -2.12. The first-order valence-electron chi connectivity index (χ1n) is 10.0. The summed E-state index contributed by atoms with van der Waals surface area (Å²) in [7, 11) is 1.58. The van der Waals surface area contributed by atoms with E-state index in [0.29, 0.717) is 35.3 Å². The number of nitrogens with one attached hydrogen (secondary N) is 1. The molecule has 0 saturated carbocycles. The van der Waals surface area contributed by atoms with Crippen molar-refractivity contribution in [3.05, 3.63) is 59.7 Å². The SMILES string of the molecule is CCOC(=O)c1ccccc1NC(=O)C=Cc1ccc(OCCC(C)C)c(OC)c1. The second kappa shape index (κ2) is 11.7. The fraction of sp³-hybridized carbons (Fsp3) is 0.333. The molecule has 30 heavy (non-hydrogen) atoms. The smallest absolute Gasteiger partial charge is 0.340 e. The maximum atomic E-state index is 12.3. The van der Waals surface area contributed by atoms with E-state index >= 15 is 0 Å². The monoisotopic (exact) mass is 411 g/mol. The highest BCUT2D eigenvalue weighted by molar-refractivity contribution is 6.06. The minimum atomic E-state index is -0.477. The Morgan fingerprint density at radius 1 is 1.10 bits per heavy atom. The van der Waals surface area contributed by atoms with E-state index in [2.05, 4.69) is 19.2 Å². The van der Waals surface area contributed by atoms with Crippen LogP contribution in [-0.2, 0) is 9.53 Å². The van der Waals surface area contributed by atoms with Crippen molar-refractivity contribution in [2.45, 2.75) is 27.2 Å². The van der Waals surface area contributed by atoms with Crippen LogP contribution in [-0.4, -0.2) is 32.2 Å². The van der Waals surface area contributed by atoms with Gasteiger partial charge in [-0.2, -0.15) is 0 Å². The van der Waals surface area contributed by atoms with Gasteiger partial charge in [-0.15, -0.1) is 0 Å². The number of anilines is 1. The molecule has 1 N–H and O–H groups in total. The first-order chi connectivity index (χ1) is 14.4. The van der Waals surface area contributed by atoms with Crippen LogP contribution in [0.5, 0.6) is 11.5 Å². The quantitative estimate of drug-likeness (QED) is 0.442. The molecule has 6 nitrogen and oxygen atoms in total. The highest BCUT2D eigenvalue weighted by Crippen LogP contribution is 2.29. The van der Waals surface area contributed by atoms with Gasteiger partial charge in [-0.05, 0) is 55.2 Å². The maximum Gasteiger partial charge on any atom is 0.340 e. The largest absolute Gasteiger partial charge is 0.493 e. The molecule has 6 heteroatoms. The number of ether oxygens (including phenoxy) is 3. The average molecular weight is 411 g/mol. The summed E-state index contributed by atoms with van der Waals surface area (Å²) in [5.41, 5.74) is 1.50. The first-order valence-corrected chi connectivity index (χ1v) is 10.0. The fourth-order valence-corrected chi connectivity index (χ4v) is 2.64. The van der Waals surface area contributed by atoms with E-state index < -0.39 is 5.97 Å². The van der Waals surface area contributed by atoms with Crippen LogP contribution >= 0.6 is 0 Å². The number of methoxy groups -OCH3 is 1.